The van der Waals surface area contributed by atoms with Crippen molar-refractivity contribution in [3.8, 4) is 5.69 Å². The number of halogens is 1. The van der Waals surface area contributed by atoms with E-state index in [0.29, 0.717) is 36.4 Å². The second-order valence-electron chi connectivity index (χ2n) is 7.43. The third kappa shape index (κ3) is 3.43. The molecule has 5 rings (SSSR count). The lowest BCUT2D eigenvalue weighted by Gasteiger charge is -2.17. The first kappa shape index (κ1) is 17.7. The van der Waals surface area contributed by atoms with Crippen LogP contribution in [0.1, 0.15) is 48.6 Å². The molecule has 1 N–H and O–H groups in total. The molecule has 2 aromatic heterocycles. The minimum Gasteiger partial charge on any atom is -0.339 e. The van der Waals surface area contributed by atoms with Gasteiger partial charge in [0.15, 0.2) is 11.6 Å². The van der Waals surface area contributed by atoms with Crippen LogP contribution in [0.25, 0.3) is 5.69 Å². The van der Waals surface area contributed by atoms with Crippen LogP contribution in [-0.4, -0.2) is 54.4 Å². The summed E-state index contributed by atoms with van der Waals surface area (Å²) in [6.07, 6.45) is 2.99. The van der Waals surface area contributed by atoms with Crippen molar-refractivity contribution < 1.29 is 13.7 Å². The van der Waals surface area contributed by atoms with Crippen LogP contribution >= 0.6 is 0 Å². The molecule has 3 heterocycles. The Bertz CT molecular complexity index is 1060. The average molecular weight is 398 g/mol. The molecule has 10 nitrogen and oxygen atoms in total. The lowest BCUT2D eigenvalue weighted by atomic mass is 10.1. The van der Waals surface area contributed by atoms with E-state index in [2.05, 4.69) is 31.0 Å². The molecule has 0 spiro atoms. The molecule has 1 aliphatic carbocycles. The maximum absolute atomic E-state index is 14.2. The zero-order valence-corrected chi connectivity index (χ0v) is 15.7. The summed E-state index contributed by atoms with van der Waals surface area (Å²) in [5.74, 6) is 1.81. The number of carbonyl (C=O) groups excluding carboxylic acids is 1. The number of tetrazole rings is 1. The fourth-order valence-corrected chi connectivity index (χ4v) is 3.48. The van der Waals surface area contributed by atoms with Gasteiger partial charge >= 0.3 is 6.03 Å². The fourth-order valence-electron chi connectivity index (χ4n) is 3.48. The highest BCUT2D eigenvalue weighted by molar-refractivity contribution is 5.89. The number of carbonyl (C=O) groups is 1. The van der Waals surface area contributed by atoms with Gasteiger partial charge in [-0.1, -0.05) is 5.16 Å². The second kappa shape index (κ2) is 6.90. The summed E-state index contributed by atoms with van der Waals surface area (Å²) in [4.78, 5) is 18.9. The zero-order valence-electron chi connectivity index (χ0n) is 15.7. The number of amides is 2. The molecule has 2 fully saturated rings. The van der Waals surface area contributed by atoms with Gasteiger partial charge in [0.1, 0.15) is 11.5 Å². The highest BCUT2D eigenvalue weighted by Gasteiger charge is 2.34. The number of rotatable bonds is 4. The maximum atomic E-state index is 14.2. The number of aryl methyl sites for hydroxylation is 1. The molecule has 0 bridgehead atoms. The van der Waals surface area contributed by atoms with Gasteiger partial charge in [0.2, 0.25) is 5.89 Å². The van der Waals surface area contributed by atoms with Crippen LogP contribution < -0.4 is 5.32 Å². The smallest absolute Gasteiger partial charge is 0.321 e. The van der Waals surface area contributed by atoms with Crippen LogP contribution in [0.4, 0.5) is 14.9 Å². The number of hydrogen-bond acceptors (Lipinski definition) is 7. The van der Waals surface area contributed by atoms with E-state index in [-0.39, 0.29) is 17.6 Å². The third-order valence-corrected chi connectivity index (χ3v) is 5.28. The summed E-state index contributed by atoms with van der Waals surface area (Å²) in [7, 11) is 0. The van der Waals surface area contributed by atoms with Crippen LogP contribution in [0.2, 0.25) is 0 Å². The average Bonchev–Trinajstić information content (AvgIpc) is 3.11. The van der Waals surface area contributed by atoms with Crippen molar-refractivity contribution in [2.45, 2.75) is 38.0 Å². The SMILES string of the molecule is Cc1nnnn1-c1cc(NC(=O)N2CCC(c3nc(C4CC4)no3)C2)ccc1F. The number of likely N-dealkylation sites (tertiary alicyclic amines) is 1. The monoisotopic (exact) mass is 398 g/mol. The van der Waals surface area contributed by atoms with E-state index in [4.69, 9.17) is 4.52 Å². The molecule has 1 unspecified atom stereocenters. The molecule has 2 amide bonds. The summed E-state index contributed by atoms with van der Waals surface area (Å²) in [5, 5.41) is 17.9. The second-order valence-corrected chi connectivity index (χ2v) is 7.43. The molecule has 1 saturated carbocycles. The summed E-state index contributed by atoms with van der Waals surface area (Å²) < 4.78 is 20.9. The Labute approximate surface area is 165 Å². The Morgan fingerprint density at radius 2 is 2.14 bits per heavy atom. The Kier molecular flexibility index (Phi) is 4.22. The van der Waals surface area contributed by atoms with Gasteiger partial charge in [-0.3, -0.25) is 0 Å². The number of hydrogen-bond donors (Lipinski definition) is 1. The Morgan fingerprint density at radius 1 is 1.28 bits per heavy atom. The molecule has 1 saturated heterocycles. The van der Waals surface area contributed by atoms with Crippen molar-refractivity contribution in [2.75, 3.05) is 18.4 Å². The van der Waals surface area contributed by atoms with E-state index in [1.165, 1.54) is 22.9 Å². The number of urea groups is 1. The van der Waals surface area contributed by atoms with Crippen LogP contribution in [0.15, 0.2) is 22.7 Å². The van der Waals surface area contributed by atoms with Gasteiger partial charge in [-0.25, -0.2) is 9.18 Å². The molecule has 2 aliphatic rings. The van der Waals surface area contributed by atoms with Gasteiger partial charge in [-0.2, -0.15) is 9.67 Å². The predicted molar refractivity (Wildman–Crippen MR) is 98.1 cm³/mol. The van der Waals surface area contributed by atoms with Gasteiger partial charge in [-0.15, -0.1) is 5.10 Å². The van der Waals surface area contributed by atoms with Crippen LogP contribution in [0.5, 0.6) is 0 Å². The van der Waals surface area contributed by atoms with Crippen LogP contribution in [0.3, 0.4) is 0 Å². The van der Waals surface area contributed by atoms with Gasteiger partial charge in [0, 0.05) is 24.7 Å². The standard InChI is InChI=1S/C18H19FN8O2/c1-10-22-24-25-27(10)15-8-13(4-5-14(15)19)20-18(28)26-7-6-12(9-26)17-21-16(23-29-17)11-2-3-11/h4-5,8,11-12H,2-3,6-7,9H2,1H3,(H,20,28). The first-order chi connectivity index (χ1) is 14.1. The van der Waals surface area contributed by atoms with E-state index in [1.807, 2.05) is 0 Å². The van der Waals surface area contributed by atoms with E-state index in [9.17, 15) is 9.18 Å². The van der Waals surface area contributed by atoms with Crippen molar-refractivity contribution in [2.24, 2.45) is 0 Å². The molecular formula is C18H19FN8O2. The van der Waals surface area contributed by atoms with Crippen molar-refractivity contribution >= 4 is 11.7 Å². The lowest BCUT2D eigenvalue weighted by molar-refractivity contribution is 0.221. The largest absolute Gasteiger partial charge is 0.339 e. The van der Waals surface area contributed by atoms with E-state index in [0.717, 1.165) is 25.1 Å². The molecule has 3 aromatic rings. The van der Waals surface area contributed by atoms with Crippen molar-refractivity contribution in [3.05, 3.63) is 41.6 Å². The summed E-state index contributed by atoms with van der Waals surface area (Å²) in [5.41, 5.74) is 0.627. The molecule has 1 aromatic carbocycles. The number of nitrogens with one attached hydrogen (secondary N) is 1. The first-order valence-corrected chi connectivity index (χ1v) is 9.53. The Hall–Kier alpha value is -3.37. The topological polar surface area (TPSA) is 115 Å². The molecule has 150 valence electrons. The lowest BCUT2D eigenvalue weighted by Crippen LogP contribution is -2.32. The third-order valence-electron chi connectivity index (χ3n) is 5.28. The highest BCUT2D eigenvalue weighted by atomic mass is 19.1. The molecular weight excluding hydrogens is 379 g/mol. The minimum absolute atomic E-state index is 0.0356. The number of benzene rings is 1. The van der Waals surface area contributed by atoms with E-state index in [1.54, 1.807) is 11.8 Å². The minimum atomic E-state index is -0.484. The Morgan fingerprint density at radius 3 is 2.90 bits per heavy atom. The Balaban J connectivity index is 1.26. The van der Waals surface area contributed by atoms with E-state index < -0.39 is 5.82 Å². The van der Waals surface area contributed by atoms with Gasteiger partial charge in [-0.05, 0) is 54.8 Å². The van der Waals surface area contributed by atoms with Gasteiger partial charge in [0.25, 0.3) is 0 Å². The molecule has 1 atom stereocenters. The summed E-state index contributed by atoms with van der Waals surface area (Å²) in [6.45, 7) is 2.75. The molecule has 29 heavy (non-hydrogen) atoms. The predicted octanol–water partition coefficient (Wildman–Crippen LogP) is 2.39. The highest BCUT2D eigenvalue weighted by Crippen LogP contribution is 2.39. The quantitative estimate of drug-likeness (QED) is 0.717. The summed E-state index contributed by atoms with van der Waals surface area (Å²) in [6, 6.07) is 4.02. The molecule has 1 aliphatic heterocycles. The van der Waals surface area contributed by atoms with Crippen LogP contribution in [0, 0.1) is 12.7 Å². The van der Waals surface area contributed by atoms with E-state index >= 15 is 0 Å². The zero-order chi connectivity index (χ0) is 20.0. The van der Waals surface area contributed by atoms with Crippen LogP contribution in [-0.2, 0) is 0 Å². The molecule has 0 radical (unpaired) electrons. The normalized spacial score (nSPS) is 19.0. The van der Waals surface area contributed by atoms with Gasteiger partial charge < -0.3 is 14.7 Å². The van der Waals surface area contributed by atoms with Gasteiger partial charge in [0.05, 0.1) is 5.92 Å². The fraction of sp³-hybridized carbons (Fsp3) is 0.444. The van der Waals surface area contributed by atoms with Crippen molar-refractivity contribution in [1.82, 2.24) is 35.2 Å². The first-order valence-electron chi connectivity index (χ1n) is 9.53. The molecule has 11 heteroatoms. The number of aromatic nitrogens is 6. The number of nitrogens with zero attached hydrogens (tertiary/aromatic N) is 7. The maximum Gasteiger partial charge on any atom is 0.321 e. The van der Waals surface area contributed by atoms with Crippen molar-refractivity contribution in [3.63, 3.8) is 0 Å². The number of anilines is 1. The van der Waals surface area contributed by atoms with Crippen molar-refractivity contribution in [1.29, 1.82) is 0 Å². The summed E-state index contributed by atoms with van der Waals surface area (Å²) >= 11 is 0.